The van der Waals surface area contributed by atoms with Gasteiger partial charge in [0.1, 0.15) is 0 Å². The molecule has 0 spiro atoms. The molecule has 1 atom stereocenters. The van der Waals surface area contributed by atoms with Crippen LogP contribution in [-0.2, 0) is 6.42 Å². The Bertz CT molecular complexity index is 533. The fraction of sp³-hybridized carbons (Fsp3) is 0.438. The second kappa shape index (κ2) is 5.27. The Kier molecular flexibility index (Phi) is 3.91. The molecule has 0 bridgehead atoms. The fourth-order valence-electron chi connectivity index (χ4n) is 1.90. The zero-order valence-corrected chi connectivity index (χ0v) is 12.0. The minimum Gasteiger partial charge on any atom is -0.253 e. The van der Waals surface area contributed by atoms with Crippen LogP contribution in [0.2, 0.25) is 0 Å². The van der Waals surface area contributed by atoms with E-state index in [-0.39, 0.29) is 10.8 Å². The second-order valence-electron chi connectivity index (χ2n) is 5.51. The number of alkyl halides is 1. The lowest BCUT2D eigenvalue weighted by atomic mass is 9.84. The molecular weight excluding hydrogens is 242 g/mol. The molecule has 0 aliphatic heterocycles. The summed E-state index contributed by atoms with van der Waals surface area (Å²) in [7, 11) is 0. The predicted octanol–water partition coefficient (Wildman–Crippen LogP) is 4.82. The van der Waals surface area contributed by atoms with Gasteiger partial charge in [-0.05, 0) is 24.0 Å². The summed E-state index contributed by atoms with van der Waals surface area (Å²) in [4.78, 5) is 4.68. The highest BCUT2D eigenvalue weighted by Gasteiger charge is 2.26. The topological polar surface area (TPSA) is 12.9 Å². The van der Waals surface area contributed by atoms with Crippen molar-refractivity contribution in [3.05, 3.63) is 42.1 Å². The maximum Gasteiger partial charge on any atom is 0.0705 e. The second-order valence-corrected chi connectivity index (χ2v) is 6.04. The standard InChI is InChI=1S/C16H20ClN/c1-4-16(2,3)15(17)11-13-10-9-12-7-5-6-8-14(12)18-13/h5-10,15H,4,11H2,1-3H3. The first-order valence-electron chi connectivity index (χ1n) is 6.51. The Balaban J connectivity index is 2.22. The van der Waals surface area contributed by atoms with Crippen LogP contribution in [0.3, 0.4) is 0 Å². The van der Waals surface area contributed by atoms with Crippen LogP contribution in [0.4, 0.5) is 0 Å². The fourth-order valence-corrected chi connectivity index (χ4v) is 2.22. The van der Waals surface area contributed by atoms with Gasteiger partial charge >= 0.3 is 0 Å². The average Bonchev–Trinajstić information content (AvgIpc) is 2.38. The molecule has 96 valence electrons. The number of nitrogens with zero attached hydrogens (tertiary/aromatic N) is 1. The summed E-state index contributed by atoms with van der Waals surface area (Å²) in [5.74, 6) is 0. The van der Waals surface area contributed by atoms with Crippen LogP contribution < -0.4 is 0 Å². The van der Waals surface area contributed by atoms with E-state index >= 15 is 0 Å². The summed E-state index contributed by atoms with van der Waals surface area (Å²) in [6.45, 7) is 6.61. The van der Waals surface area contributed by atoms with Gasteiger partial charge in [0.05, 0.1) is 5.52 Å². The molecule has 1 aromatic carbocycles. The Morgan fingerprint density at radius 3 is 2.61 bits per heavy atom. The first kappa shape index (κ1) is 13.4. The van der Waals surface area contributed by atoms with Crippen LogP contribution in [0.15, 0.2) is 36.4 Å². The lowest BCUT2D eigenvalue weighted by molar-refractivity contribution is 0.329. The molecule has 1 unspecified atom stereocenters. The Morgan fingerprint density at radius 2 is 1.89 bits per heavy atom. The number of fused-ring (bicyclic) bond motifs is 1. The molecule has 0 saturated carbocycles. The number of rotatable bonds is 4. The quantitative estimate of drug-likeness (QED) is 0.719. The van der Waals surface area contributed by atoms with Crippen LogP contribution in [0.25, 0.3) is 10.9 Å². The number of hydrogen-bond donors (Lipinski definition) is 0. The lowest BCUT2D eigenvalue weighted by Gasteiger charge is -2.28. The zero-order valence-electron chi connectivity index (χ0n) is 11.3. The Morgan fingerprint density at radius 1 is 1.17 bits per heavy atom. The van der Waals surface area contributed by atoms with Gasteiger partial charge < -0.3 is 0 Å². The number of halogens is 1. The molecule has 1 nitrogen and oxygen atoms in total. The van der Waals surface area contributed by atoms with E-state index in [0.29, 0.717) is 0 Å². The molecule has 2 heteroatoms. The van der Waals surface area contributed by atoms with E-state index in [1.807, 2.05) is 18.2 Å². The molecule has 0 aliphatic carbocycles. The van der Waals surface area contributed by atoms with Gasteiger partial charge in [-0.1, -0.05) is 45.0 Å². The summed E-state index contributed by atoms with van der Waals surface area (Å²) in [6, 6.07) is 12.4. The third-order valence-corrected chi connectivity index (χ3v) is 4.55. The van der Waals surface area contributed by atoms with Gasteiger partial charge in [-0.25, -0.2) is 0 Å². The normalized spacial score (nSPS) is 13.8. The van der Waals surface area contributed by atoms with Crippen molar-refractivity contribution in [3.8, 4) is 0 Å². The van der Waals surface area contributed by atoms with Gasteiger partial charge in [-0.15, -0.1) is 11.6 Å². The Labute approximate surface area is 114 Å². The third kappa shape index (κ3) is 2.84. The van der Waals surface area contributed by atoms with E-state index < -0.39 is 0 Å². The minimum atomic E-state index is 0.121. The van der Waals surface area contributed by atoms with Crippen molar-refractivity contribution < 1.29 is 0 Å². The van der Waals surface area contributed by atoms with E-state index in [4.69, 9.17) is 11.6 Å². The number of benzene rings is 1. The molecule has 1 aromatic heterocycles. The molecule has 18 heavy (non-hydrogen) atoms. The van der Waals surface area contributed by atoms with Gasteiger partial charge in [-0.2, -0.15) is 0 Å². The number of pyridine rings is 1. The van der Waals surface area contributed by atoms with Gasteiger partial charge in [0.2, 0.25) is 0 Å². The highest BCUT2D eigenvalue weighted by Crippen LogP contribution is 2.31. The van der Waals surface area contributed by atoms with Crippen molar-refractivity contribution in [3.63, 3.8) is 0 Å². The van der Waals surface area contributed by atoms with Crippen molar-refractivity contribution in [2.24, 2.45) is 5.41 Å². The maximum absolute atomic E-state index is 6.52. The van der Waals surface area contributed by atoms with Crippen molar-refractivity contribution in [1.82, 2.24) is 4.98 Å². The van der Waals surface area contributed by atoms with E-state index in [0.717, 1.165) is 24.1 Å². The number of aromatic nitrogens is 1. The molecule has 0 N–H and O–H groups in total. The average molecular weight is 262 g/mol. The summed E-state index contributed by atoms with van der Waals surface area (Å²) in [5, 5.41) is 1.30. The molecule has 0 amide bonds. The van der Waals surface area contributed by atoms with Crippen molar-refractivity contribution in [2.75, 3.05) is 0 Å². The summed E-state index contributed by atoms with van der Waals surface area (Å²) >= 11 is 6.52. The predicted molar refractivity (Wildman–Crippen MR) is 79.2 cm³/mol. The van der Waals surface area contributed by atoms with E-state index in [9.17, 15) is 0 Å². The molecule has 0 saturated heterocycles. The summed E-state index contributed by atoms with van der Waals surface area (Å²) < 4.78 is 0. The molecule has 2 rings (SSSR count). The van der Waals surface area contributed by atoms with Crippen molar-refractivity contribution >= 4 is 22.5 Å². The lowest BCUT2D eigenvalue weighted by Crippen LogP contribution is -2.26. The first-order valence-corrected chi connectivity index (χ1v) is 6.95. The van der Waals surface area contributed by atoms with Gasteiger partial charge in [0, 0.05) is 22.9 Å². The molecule has 2 aromatic rings. The van der Waals surface area contributed by atoms with E-state index in [2.05, 4.69) is 44.0 Å². The van der Waals surface area contributed by atoms with Crippen molar-refractivity contribution in [1.29, 1.82) is 0 Å². The molecular formula is C16H20ClN. The van der Waals surface area contributed by atoms with E-state index in [1.165, 1.54) is 5.39 Å². The molecule has 0 aliphatic rings. The summed E-state index contributed by atoms with van der Waals surface area (Å²) in [6.07, 6.45) is 1.90. The zero-order chi connectivity index (χ0) is 13.2. The molecule has 0 fully saturated rings. The van der Waals surface area contributed by atoms with Crippen LogP contribution in [0.5, 0.6) is 0 Å². The summed E-state index contributed by atoms with van der Waals surface area (Å²) in [5.41, 5.74) is 2.28. The van der Waals surface area contributed by atoms with Gasteiger partial charge in [-0.3, -0.25) is 4.98 Å². The monoisotopic (exact) mass is 261 g/mol. The Hall–Kier alpha value is -1.08. The SMILES string of the molecule is CCC(C)(C)C(Cl)Cc1ccc2ccccc2n1. The minimum absolute atomic E-state index is 0.121. The highest BCUT2D eigenvalue weighted by molar-refractivity contribution is 6.21. The number of hydrogen-bond acceptors (Lipinski definition) is 1. The molecule has 0 radical (unpaired) electrons. The first-order chi connectivity index (χ1) is 8.53. The van der Waals surface area contributed by atoms with Crippen molar-refractivity contribution in [2.45, 2.75) is 39.0 Å². The van der Waals surface area contributed by atoms with Crippen LogP contribution in [-0.4, -0.2) is 10.4 Å². The van der Waals surface area contributed by atoms with Crippen LogP contribution >= 0.6 is 11.6 Å². The van der Waals surface area contributed by atoms with Gasteiger partial charge in [0.25, 0.3) is 0 Å². The van der Waals surface area contributed by atoms with E-state index in [1.54, 1.807) is 0 Å². The smallest absolute Gasteiger partial charge is 0.0705 e. The van der Waals surface area contributed by atoms with Crippen LogP contribution in [0, 0.1) is 5.41 Å². The molecule has 1 heterocycles. The largest absolute Gasteiger partial charge is 0.253 e. The van der Waals surface area contributed by atoms with Crippen LogP contribution in [0.1, 0.15) is 32.9 Å². The maximum atomic E-state index is 6.52. The highest BCUT2D eigenvalue weighted by atomic mass is 35.5. The van der Waals surface area contributed by atoms with Gasteiger partial charge in [0.15, 0.2) is 0 Å². The third-order valence-electron chi connectivity index (χ3n) is 3.80. The number of para-hydroxylation sites is 1.